The molecule has 0 heterocycles. The highest BCUT2D eigenvalue weighted by molar-refractivity contribution is 5.42. The van der Waals surface area contributed by atoms with Gasteiger partial charge in [0.15, 0.2) is 0 Å². The van der Waals surface area contributed by atoms with Gasteiger partial charge in [-0.3, -0.25) is 4.90 Å². The molecule has 0 radical (unpaired) electrons. The van der Waals surface area contributed by atoms with E-state index < -0.39 is 0 Å². The van der Waals surface area contributed by atoms with Crippen LogP contribution in [0, 0.1) is 0 Å². The maximum absolute atomic E-state index is 5.52. The number of benzene rings is 1. The molecule has 0 saturated carbocycles. The van der Waals surface area contributed by atoms with Crippen LogP contribution in [0.3, 0.4) is 0 Å². The van der Waals surface area contributed by atoms with Gasteiger partial charge in [0.2, 0.25) is 0 Å². The summed E-state index contributed by atoms with van der Waals surface area (Å²) in [5.41, 5.74) is 1.14. The van der Waals surface area contributed by atoms with Gasteiger partial charge in [0.05, 0.1) is 14.2 Å². The molecule has 1 N–H and O–H groups in total. The van der Waals surface area contributed by atoms with E-state index >= 15 is 0 Å². The lowest BCUT2D eigenvalue weighted by molar-refractivity contribution is 0.193. The van der Waals surface area contributed by atoms with E-state index in [-0.39, 0.29) is 6.04 Å². The summed E-state index contributed by atoms with van der Waals surface area (Å²) in [4.78, 5) is 2.49. The van der Waals surface area contributed by atoms with Crippen LogP contribution in [0.2, 0.25) is 0 Å². The van der Waals surface area contributed by atoms with Gasteiger partial charge in [0.25, 0.3) is 0 Å². The molecule has 2 unspecified atom stereocenters. The molecule has 0 spiro atoms. The van der Waals surface area contributed by atoms with Crippen molar-refractivity contribution in [2.75, 3.05) is 34.4 Å². The van der Waals surface area contributed by atoms with Crippen LogP contribution in [0.25, 0.3) is 0 Å². The molecule has 1 rings (SSSR count). The Hall–Kier alpha value is -1.26. The zero-order valence-corrected chi connectivity index (χ0v) is 14.3. The first kappa shape index (κ1) is 17.8. The van der Waals surface area contributed by atoms with Crippen molar-refractivity contribution in [2.24, 2.45) is 0 Å². The van der Waals surface area contributed by atoms with E-state index in [2.05, 4.69) is 37.1 Å². The zero-order chi connectivity index (χ0) is 15.8. The van der Waals surface area contributed by atoms with E-state index in [1.165, 1.54) is 0 Å². The lowest BCUT2D eigenvalue weighted by Crippen LogP contribution is -2.39. The third-order valence-corrected chi connectivity index (χ3v) is 4.20. The molecule has 0 bridgehead atoms. The molecule has 4 nitrogen and oxygen atoms in total. The maximum Gasteiger partial charge on any atom is 0.123 e. The average molecular weight is 294 g/mol. The number of nitrogens with one attached hydrogen (secondary N) is 1. The highest BCUT2D eigenvalue weighted by atomic mass is 16.5. The van der Waals surface area contributed by atoms with Crippen LogP contribution in [0.4, 0.5) is 0 Å². The van der Waals surface area contributed by atoms with Crippen molar-refractivity contribution in [1.82, 2.24) is 10.2 Å². The Morgan fingerprint density at radius 3 is 2.38 bits per heavy atom. The van der Waals surface area contributed by atoms with Crippen LogP contribution in [-0.4, -0.2) is 45.3 Å². The van der Waals surface area contributed by atoms with Crippen LogP contribution < -0.4 is 14.8 Å². The van der Waals surface area contributed by atoms with E-state index in [0.717, 1.165) is 36.6 Å². The van der Waals surface area contributed by atoms with E-state index in [0.29, 0.717) is 6.04 Å². The summed E-state index contributed by atoms with van der Waals surface area (Å²) in [5.74, 6) is 1.76. The van der Waals surface area contributed by atoms with Crippen molar-refractivity contribution in [2.45, 2.75) is 39.3 Å². The molecule has 0 amide bonds. The van der Waals surface area contributed by atoms with Crippen molar-refractivity contribution in [3.05, 3.63) is 23.8 Å². The first-order valence-corrected chi connectivity index (χ1v) is 7.74. The first-order chi connectivity index (χ1) is 10.1. The maximum atomic E-state index is 5.52. The largest absolute Gasteiger partial charge is 0.497 e. The first-order valence-electron chi connectivity index (χ1n) is 7.74. The monoisotopic (exact) mass is 294 g/mol. The summed E-state index contributed by atoms with van der Waals surface area (Å²) in [6.07, 6.45) is 1.15. The molecule has 2 atom stereocenters. The second-order valence-corrected chi connectivity index (χ2v) is 5.29. The summed E-state index contributed by atoms with van der Waals surface area (Å²) in [7, 11) is 5.40. The van der Waals surface area contributed by atoms with Crippen LogP contribution in [0.5, 0.6) is 11.5 Å². The van der Waals surface area contributed by atoms with Gasteiger partial charge in [-0.15, -0.1) is 0 Å². The predicted octanol–water partition coefficient (Wildman–Crippen LogP) is 3.08. The Bertz CT molecular complexity index is 423. The summed E-state index contributed by atoms with van der Waals surface area (Å²) in [6, 6.07) is 6.75. The Morgan fingerprint density at radius 2 is 1.90 bits per heavy atom. The minimum atomic E-state index is 0.212. The van der Waals surface area contributed by atoms with Crippen molar-refractivity contribution < 1.29 is 9.47 Å². The second kappa shape index (κ2) is 8.90. The van der Waals surface area contributed by atoms with Gasteiger partial charge in [-0.1, -0.05) is 13.8 Å². The molecule has 0 saturated heterocycles. The molecule has 0 aliphatic carbocycles. The number of likely N-dealkylation sites (N-methyl/N-ethyl adjacent to an activating group) is 2. The molecule has 4 heteroatoms. The van der Waals surface area contributed by atoms with Crippen molar-refractivity contribution >= 4 is 0 Å². The topological polar surface area (TPSA) is 33.7 Å². The molecule has 0 aliphatic heterocycles. The Morgan fingerprint density at radius 1 is 1.19 bits per heavy atom. The molecule has 1 aromatic rings. The van der Waals surface area contributed by atoms with Crippen LogP contribution in [0.15, 0.2) is 18.2 Å². The average Bonchev–Trinajstić information content (AvgIpc) is 2.54. The summed E-state index contributed by atoms with van der Waals surface area (Å²) in [5, 5.41) is 3.41. The lowest BCUT2D eigenvalue weighted by Gasteiger charge is -2.31. The third kappa shape index (κ3) is 4.61. The van der Waals surface area contributed by atoms with Gasteiger partial charge in [0.1, 0.15) is 11.5 Å². The fourth-order valence-electron chi connectivity index (χ4n) is 2.57. The molecule has 0 aromatic heterocycles. The molecule has 0 fully saturated rings. The van der Waals surface area contributed by atoms with Gasteiger partial charge in [0, 0.05) is 24.2 Å². The normalized spacial score (nSPS) is 14.0. The van der Waals surface area contributed by atoms with Crippen molar-refractivity contribution in [3.63, 3.8) is 0 Å². The molecular weight excluding hydrogens is 264 g/mol. The minimum absolute atomic E-state index is 0.212. The van der Waals surface area contributed by atoms with Gasteiger partial charge in [-0.2, -0.15) is 0 Å². The third-order valence-electron chi connectivity index (χ3n) is 4.20. The van der Waals surface area contributed by atoms with Gasteiger partial charge < -0.3 is 14.8 Å². The van der Waals surface area contributed by atoms with Crippen LogP contribution in [-0.2, 0) is 0 Å². The summed E-state index contributed by atoms with van der Waals surface area (Å²) >= 11 is 0. The standard InChI is InChI=1S/C17H30N2O2/c1-7-13(3)19(8-2)12-16(18-4)15-11-14(20-5)9-10-17(15)21-6/h9-11,13,16,18H,7-8,12H2,1-6H3. The smallest absolute Gasteiger partial charge is 0.123 e. The highest BCUT2D eigenvalue weighted by Crippen LogP contribution is 2.30. The van der Waals surface area contributed by atoms with Crippen LogP contribution >= 0.6 is 0 Å². The fourth-order valence-corrected chi connectivity index (χ4v) is 2.57. The lowest BCUT2D eigenvalue weighted by atomic mass is 10.0. The summed E-state index contributed by atoms with van der Waals surface area (Å²) in [6.45, 7) is 8.71. The predicted molar refractivity (Wildman–Crippen MR) is 88.3 cm³/mol. The SMILES string of the molecule is CCC(C)N(CC)CC(NC)c1cc(OC)ccc1OC. The van der Waals surface area contributed by atoms with E-state index in [9.17, 15) is 0 Å². The number of nitrogens with zero attached hydrogens (tertiary/aromatic N) is 1. The summed E-state index contributed by atoms with van der Waals surface area (Å²) < 4.78 is 10.9. The van der Waals surface area contributed by atoms with E-state index in [1.54, 1.807) is 14.2 Å². The van der Waals surface area contributed by atoms with Crippen LogP contribution in [0.1, 0.15) is 38.8 Å². The van der Waals surface area contributed by atoms with Gasteiger partial charge in [-0.05, 0) is 45.1 Å². The Balaban J connectivity index is 3.02. The Labute approximate surface area is 129 Å². The van der Waals surface area contributed by atoms with Gasteiger partial charge in [-0.25, -0.2) is 0 Å². The van der Waals surface area contributed by atoms with E-state index in [4.69, 9.17) is 9.47 Å². The fraction of sp³-hybridized carbons (Fsp3) is 0.647. The van der Waals surface area contributed by atoms with Gasteiger partial charge >= 0.3 is 0 Å². The Kier molecular flexibility index (Phi) is 7.54. The molecule has 21 heavy (non-hydrogen) atoms. The molecule has 0 aliphatic rings. The quantitative estimate of drug-likeness (QED) is 0.759. The highest BCUT2D eigenvalue weighted by Gasteiger charge is 2.20. The van der Waals surface area contributed by atoms with Crippen molar-refractivity contribution in [1.29, 1.82) is 0 Å². The number of methoxy groups -OCH3 is 2. The number of hydrogen-bond donors (Lipinski definition) is 1. The molecular formula is C17H30N2O2. The number of ether oxygens (including phenoxy) is 2. The number of rotatable bonds is 9. The van der Waals surface area contributed by atoms with E-state index in [1.807, 2.05) is 19.2 Å². The van der Waals surface area contributed by atoms with Crippen molar-refractivity contribution in [3.8, 4) is 11.5 Å². The zero-order valence-electron chi connectivity index (χ0n) is 14.3. The minimum Gasteiger partial charge on any atom is -0.497 e. The molecule has 1 aromatic carbocycles. The number of hydrogen-bond acceptors (Lipinski definition) is 4. The second-order valence-electron chi connectivity index (χ2n) is 5.29. The molecule has 120 valence electrons.